The molecule has 1 aromatic heterocycles. The van der Waals surface area contributed by atoms with Gasteiger partial charge in [-0.1, -0.05) is 6.42 Å². The molecular weight excluding hydrogens is 228 g/mol. The first-order valence-electron chi connectivity index (χ1n) is 5.86. The van der Waals surface area contributed by atoms with Gasteiger partial charge < -0.3 is 10.4 Å². The van der Waals surface area contributed by atoms with Crippen molar-refractivity contribution < 1.29 is 13.9 Å². The molecule has 1 aromatic rings. The first-order valence-corrected chi connectivity index (χ1v) is 5.86. The van der Waals surface area contributed by atoms with Crippen LogP contribution in [0.4, 0.5) is 8.78 Å². The Bertz CT molecular complexity index is 356. The molecule has 0 saturated heterocycles. The minimum Gasteiger partial charge on any atom is -0.396 e. The second-order valence-electron chi connectivity index (χ2n) is 4.39. The molecule has 0 spiro atoms. The van der Waals surface area contributed by atoms with Crippen molar-refractivity contribution >= 4 is 0 Å². The van der Waals surface area contributed by atoms with E-state index in [0.29, 0.717) is 12.4 Å². The van der Waals surface area contributed by atoms with Crippen LogP contribution in [0.2, 0.25) is 0 Å². The van der Waals surface area contributed by atoms with Crippen molar-refractivity contribution in [2.45, 2.75) is 38.4 Å². The van der Waals surface area contributed by atoms with E-state index in [1.54, 1.807) is 0 Å². The van der Waals surface area contributed by atoms with Gasteiger partial charge in [-0.3, -0.25) is 4.57 Å². The monoisotopic (exact) mass is 245 g/mol. The van der Waals surface area contributed by atoms with Gasteiger partial charge in [0.25, 0.3) is 0 Å². The van der Waals surface area contributed by atoms with Crippen molar-refractivity contribution in [3.8, 4) is 0 Å². The van der Waals surface area contributed by atoms with Crippen molar-refractivity contribution in [3.63, 3.8) is 0 Å². The number of aromatic nitrogens is 2. The molecule has 6 heteroatoms. The van der Waals surface area contributed by atoms with Gasteiger partial charge in [0.05, 0.1) is 6.54 Å². The summed E-state index contributed by atoms with van der Waals surface area (Å²) in [5, 5.41) is 12.4. The molecule has 2 unspecified atom stereocenters. The quantitative estimate of drug-likeness (QED) is 0.827. The predicted molar refractivity (Wildman–Crippen MR) is 58.5 cm³/mol. The van der Waals surface area contributed by atoms with Crippen LogP contribution in [-0.4, -0.2) is 27.3 Å². The van der Waals surface area contributed by atoms with Crippen LogP contribution in [0.5, 0.6) is 0 Å². The zero-order chi connectivity index (χ0) is 12.3. The van der Waals surface area contributed by atoms with Crippen LogP contribution in [0.3, 0.4) is 0 Å². The van der Waals surface area contributed by atoms with Crippen LogP contribution in [0, 0.1) is 5.92 Å². The zero-order valence-electron chi connectivity index (χ0n) is 9.52. The number of halogens is 2. The van der Waals surface area contributed by atoms with Gasteiger partial charge in [0, 0.05) is 25.0 Å². The number of imidazole rings is 1. The summed E-state index contributed by atoms with van der Waals surface area (Å²) in [6, 6.07) is 0.211. The third kappa shape index (κ3) is 2.81. The molecule has 17 heavy (non-hydrogen) atoms. The highest BCUT2D eigenvalue weighted by Crippen LogP contribution is 2.25. The summed E-state index contributed by atoms with van der Waals surface area (Å²) in [5.74, 6) is 0.577. The highest BCUT2D eigenvalue weighted by Gasteiger charge is 2.26. The normalized spacial score (nSPS) is 24.7. The fourth-order valence-electron chi connectivity index (χ4n) is 2.41. The fourth-order valence-corrected chi connectivity index (χ4v) is 2.41. The lowest BCUT2D eigenvalue weighted by atomic mass is 10.1. The van der Waals surface area contributed by atoms with Crippen molar-refractivity contribution in [3.05, 3.63) is 18.2 Å². The first kappa shape index (κ1) is 12.4. The van der Waals surface area contributed by atoms with Gasteiger partial charge in [0.2, 0.25) is 0 Å². The number of aliphatic hydroxyl groups is 1. The van der Waals surface area contributed by atoms with Gasteiger partial charge in [0.1, 0.15) is 5.82 Å². The number of hydrogen-bond donors (Lipinski definition) is 2. The molecule has 1 heterocycles. The van der Waals surface area contributed by atoms with Gasteiger partial charge in [-0.15, -0.1) is 0 Å². The van der Waals surface area contributed by atoms with Gasteiger partial charge in [-0.25, -0.2) is 4.98 Å². The lowest BCUT2D eigenvalue weighted by molar-refractivity contribution is 0.0662. The van der Waals surface area contributed by atoms with Crippen molar-refractivity contribution in [2.24, 2.45) is 5.92 Å². The van der Waals surface area contributed by atoms with Crippen molar-refractivity contribution in [1.29, 1.82) is 0 Å². The number of aliphatic hydroxyl groups excluding tert-OH is 1. The average Bonchev–Trinajstić information content (AvgIpc) is 2.94. The second-order valence-corrected chi connectivity index (χ2v) is 4.39. The SMILES string of the molecule is OCC1CCCC1NCc1nccn1C(F)F. The van der Waals surface area contributed by atoms with E-state index in [0.717, 1.165) is 23.8 Å². The summed E-state index contributed by atoms with van der Waals surface area (Å²) in [6.45, 7) is -2.08. The summed E-state index contributed by atoms with van der Waals surface area (Å²) in [4.78, 5) is 3.91. The lowest BCUT2D eigenvalue weighted by Gasteiger charge is -2.19. The van der Waals surface area contributed by atoms with Crippen LogP contribution in [0.25, 0.3) is 0 Å². The molecule has 2 rings (SSSR count). The van der Waals surface area contributed by atoms with Crippen LogP contribution in [0.1, 0.15) is 31.6 Å². The van der Waals surface area contributed by atoms with E-state index in [4.69, 9.17) is 5.11 Å². The molecule has 0 amide bonds. The molecule has 96 valence electrons. The highest BCUT2D eigenvalue weighted by molar-refractivity contribution is 4.94. The first-order chi connectivity index (χ1) is 8.22. The summed E-state index contributed by atoms with van der Waals surface area (Å²) >= 11 is 0. The molecule has 1 fully saturated rings. The Morgan fingerprint density at radius 3 is 3.06 bits per heavy atom. The van der Waals surface area contributed by atoms with E-state index < -0.39 is 6.55 Å². The van der Waals surface area contributed by atoms with Gasteiger partial charge in [0.15, 0.2) is 0 Å². The molecule has 1 aliphatic carbocycles. The van der Waals surface area contributed by atoms with Crippen LogP contribution in [0.15, 0.2) is 12.4 Å². The van der Waals surface area contributed by atoms with Crippen LogP contribution < -0.4 is 5.32 Å². The Labute approximate surface area is 98.7 Å². The maximum atomic E-state index is 12.6. The number of nitrogens with zero attached hydrogens (tertiary/aromatic N) is 2. The fraction of sp³-hybridized carbons (Fsp3) is 0.727. The maximum Gasteiger partial charge on any atom is 0.319 e. The predicted octanol–water partition coefficient (Wildman–Crippen LogP) is 1.53. The molecule has 2 N–H and O–H groups in total. The molecule has 1 saturated carbocycles. The molecule has 2 atom stereocenters. The zero-order valence-corrected chi connectivity index (χ0v) is 9.52. The molecule has 0 radical (unpaired) electrons. The van der Waals surface area contributed by atoms with E-state index in [1.807, 2.05) is 0 Å². The summed E-state index contributed by atoms with van der Waals surface area (Å²) in [5.41, 5.74) is 0. The minimum absolute atomic E-state index is 0.154. The molecule has 0 aromatic carbocycles. The number of nitrogens with one attached hydrogen (secondary N) is 1. The Morgan fingerprint density at radius 1 is 1.53 bits per heavy atom. The van der Waals surface area contributed by atoms with E-state index in [9.17, 15) is 8.78 Å². The van der Waals surface area contributed by atoms with Crippen molar-refractivity contribution in [2.75, 3.05) is 6.61 Å². The molecule has 0 aliphatic heterocycles. The topological polar surface area (TPSA) is 50.1 Å². The highest BCUT2D eigenvalue weighted by atomic mass is 19.3. The molecule has 0 bridgehead atoms. The van der Waals surface area contributed by atoms with Gasteiger partial charge in [-0.2, -0.15) is 8.78 Å². The van der Waals surface area contributed by atoms with Crippen LogP contribution >= 0.6 is 0 Å². The Kier molecular flexibility index (Phi) is 4.06. The largest absolute Gasteiger partial charge is 0.396 e. The Hall–Kier alpha value is -1.01. The summed E-state index contributed by atoms with van der Waals surface area (Å²) in [6.07, 6.45) is 5.71. The minimum atomic E-state index is -2.55. The summed E-state index contributed by atoms with van der Waals surface area (Å²) < 4.78 is 26.0. The molecule has 4 nitrogen and oxygen atoms in total. The second kappa shape index (κ2) is 5.55. The Morgan fingerprint density at radius 2 is 2.35 bits per heavy atom. The standard InChI is InChI=1S/C11H17F2N3O/c12-11(13)16-5-4-14-10(16)6-15-9-3-1-2-8(9)7-17/h4-5,8-9,11,15,17H,1-3,6-7H2. The number of hydrogen-bond acceptors (Lipinski definition) is 3. The average molecular weight is 245 g/mol. The number of alkyl halides is 2. The lowest BCUT2D eigenvalue weighted by Crippen LogP contribution is -2.34. The third-order valence-corrected chi connectivity index (χ3v) is 3.38. The third-order valence-electron chi connectivity index (χ3n) is 3.38. The van der Waals surface area contributed by atoms with Crippen molar-refractivity contribution in [1.82, 2.24) is 14.9 Å². The van der Waals surface area contributed by atoms with E-state index >= 15 is 0 Å². The molecular formula is C11H17F2N3O. The molecule has 1 aliphatic rings. The smallest absolute Gasteiger partial charge is 0.319 e. The van der Waals surface area contributed by atoms with Crippen LogP contribution in [-0.2, 0) is 6.54 Å². The summed E-state index contributed by atoms with van der Waals surface area (Å²) in [7, 11) is 0. The van der Waals surface area contributed by atoms with E-state index in [-0.39, 0.29) is 18.6 Å². The Balaban J connectivity index is 1.91. The number of rotatable bonds is 5. The van der Waals surface area contributed by atoms with Gasteiger partial charge >= 0.3 is 6.55 Å². The maximum absolute atomic E-state index is 12.6. The van der Waals surface area contributed by atoms with E-state index in [2.05, 4.69) is 10.3 Å². The van der Waals surface area contributed by atoms with E-state index in [1.165, 1.54) is 12.4 Å². The van der Waals surface area contributed by atoms with Gasteiger partial charge in [-0.05, 0) is 18.8 Å².